The largest absolute Gasteiger partial charge is 0.352 e. The number of carbonyl (C=O) groups excluding carboxylic acids is 1. The monoisotopic (exact) mass is 262 g/mol. The van der Waals surface area contributed by atoms with Crippen LogP contribution in [0.15, 0.2) is 35.0 Å². The Hall–Kier alpha value is -1.55. The van der Waals surface area contributed by atoms with Crippen LogP contribution in [0.3, 0.4) is 0 Å². The van der Waals surface area contributed by atoms with Crippen molar-refractivity contribution in [1.29, 1.82) is 0 Å². The van der Waals surface area contributed by atoms with Crippen molar-refractivity contribution >= 4 is 29.8 Å². The zero-order valence-electron chi connectivity index (χ0n) is 10.9. The van der Waals surface area contributed by atoms with E-state index >= 15 is 0 Å². The summed E-state index contributed by atoms with van der Waals surface area (Å²) >= 11 is 1.65. The molecule has 1 N–H and O–H groups in total. The predicted octanol–water partition coefficient (Wildman–Crippen LogP) is 3.25. The molecule has 0 fully saturated rings. The lowest BCUT2D eigenvalue weighted by Crippen LogP contribution is -2.15. The van der Waals surface area contributed by atoms with Gasteiger partial charge in [-0.25, -0.2) is 0 Å². The van der Waals surface area contributed by atoms with E-state index in [4.69, 9.17) is 0 Å². The lowest BCUT2D eigenvalue weighted by molar-refractivity contribution is -0.110. The van der Waals surface area contributed by atoms with Gasteiger partial charge in [-0.05, 0) is 37.9 Å². The van der Waals surface area contributed by atoms with Gasteiger partial charge in [0.05, 0.1) is 11.7 Å². The topological polar surface area (TPSA) is 41.5 Å². The third-order valence-electron chi connectivity index (χ3n) is 2.76. The minimum Gasteiger partial charge on any atom is -0.352 e. The minimum atomic E-state index is 0.0249. The highest BCUT2D eigenvalue weighted by atomic mass is 32.2. The second kappa shape index (κ2) is 7.01. The second-order valence-electron chi connectivity index (χ2n) is 3.90. The fourth-order valence-electron chi connectivity index (χ4n) is 1.67. The predicted molar refractivity (Wildman–Crippen MR) is 79.7 cm³/mol. The Labute approximate surface area is 112 Å². The van der Waals surface area contributed by atoms with Crippen LogP contribution in [0.1, 0.15) is 31.0 Å². The average Bonchev–Trinajstić information content (AvgIpc) is 2.40. The summed E-state index contributed by atoms with van der Waals surface area (Å²) in [5, 5.41) is 2.73. The molecule has 96 valence electrons. The molecule has 1 aromatic carbocycles. The number of allylic oxidation sites excluding steroid dienone is 1. The Morgan fingerprint density at radius 1 is 1.44 bits per heavy atom. The number of benzene rings is 1. The number of nitrogens with one attached hydrogen (secondary N) is 1. The van der Waals surface area contributed by atoms with Gasteiger partial charge in [-0.2, -0.15) is 0 Å². The standard InChI is InChI=1S/C14H18N2OS/c1-10(16-9-17)12-5-7-13(8-6-12)14(18-4)11(2)15-3/h5-10H,3H2,1-2,4H3,(H,16,17)/b14-11-. The minimum absolute atomic E-state index is 0.0249. The first-order valence-electron chi connectivity index (χ1n) is 5.65. The molecule has 0 bridgehead atoms. The van der Waals surface area contributed by atoms with E-state index in [0.29, 0.717) is 0 Å². The molecule has 1 rings (SSSR count). The summed E-state index contributed by atoms with van der Waals surface area (Å²) in [4.78, 5) is 15.5. The van der Waals surface area contributed by atoms with Gasteiger partial charge in [-0.15, -0.1) is 11.8 Å². The number of hydrogen-bond donors (Lipinski definition) is 1. The van der Waals surface area contributed by atoms with Crippen molar-refractivity contribution in [2.45, 2.75) is 19.9 Å². The summed E-state index contributed by atoms with van der Waals surface area (Å²) in [7, 11) is 0. The molecule has 4 heteroatoms. The molecular weight excluding hydrogens is 244 g/mol. The smallest absolute Gasteiger partial charge is 0.207 e. The van der Waals surface area contributed by atoms with Crippen LogP contribution in [-0.2, 0) is 4.79 Å². The Bertz CT molecular complexity index is 451. The number of carbonyl (C=O) groups is 1. The maximum Gasteiger partial charge on any atom is 0.207 e. The fourth-order valence-corrected chi connectivity index (χ4v) is 2.40. The molecule has 0 aromatic heterocycles. The number of hydrogen-bond acceptors (Lipinski definition) is 3. The van der Waals surface area contributed by atoms with Gasteiger partial charge in [-0.3, -0.25) is 9.79 Å². The molecule has 0 aliphatic heterocycles. The number of aliphatic imine (C=N–C) groups is 1. The molecule has 1 aromatic rings. The summed E-state index contributed by atoms with van der Waals surface area (Å²) in [6.45, 7) is 7.45. The van der Waals surface area contributed by atoms with Crippen LogP contribution in [0.4, 0.5) is 0 Å². The normalized spacial score (nSPS) is 13.5. The highest BCUT2D eigenvalue weighted by Crippen LogP contribution is 2.29. The zero-order chi connectivity index (χ0) is 13.5. The van der Waals surface area contributed by atoms with Crippen LogP contribution < -0.4 is 5.32 Å². The van der Waals surface area contributed by atoms with E-state index in [0.717, 1.165) is 28.1 Å². The number of rotatable bonds is 6. The molecule has 0 radical (unpaired) electrons. The molecule has 0 spiro atoms. The summed E-state index contributed by atoms with van der Waals surface area (Å²) < 4.78 is 0. The first kappa shape index (κ1) is 14.5. The molecule has 0 aliphatic carbocycles. The Kier molecular flexibility index (Phi) is 5.65. The summed E-state index contributed by atoms with van der Waals surface area (Å²) in [5.74, 6) is 0. The van der Waals surface area contributed by atoms with E-state index in [9.17, 15) is 4.79 Å². The van der Waals surface area contributed by atoms with E-state index in [1.165, 1.54) is 0 Å². The van der Waals surface area contributed by atoms with Crippen molar-refractivity contribution < 1.29 is 4.79 Å². The molecule has 1 unspecified atom stereocenters. The first-order chi connectivity index (χ1) is 8.63. The molecule has 0 saturated heterocycles. The molecule has 1 atom stereocenters. The van der Waals surface area contributed by atoms with Crippen molar-refractivity contribution in [2.24, 2.45) is 4.99 Å². The van der Waals surface area contributed by atoms with Crippen molar-refractivity contribution in [2.75, 3.05) is 6.26 Å². The van der Waals surface area contributed by atoms with E-state index in [1.807, 2.05) is 44.4 Å². The van der Waals surface area contributed by atoms with Gasteiger partial charge in [0.2, 0.25) is 6.41 Å². The van der Waals surface area contributed by atoms with Crippen molar-refractivity contribution in [3.63, 3.8) is 0 Å². The lowest BCUT2D eigenvalue weighted by atomic mass is 10.1. The van der Waals surface area contributed by atoms with Gasteiger partial charge >= 0.3 is 0 Å². The zero-order valence-corrected chi connectivity index (χ0v) is 11.8. The van der Waals surface area contributed by atoms with Crippen LogP contribution in [0.25, 0.3) is 4.91 Å². The van der Waals surface area contributed by atoms with Gasteiger partial charge in [0, 0.05) is 4.91 Å². The maximum atomic E-state index is 10.4. The third-order valence-corrected chi connectivity index (χ3v) is 3.70. The number of nitrogens with zero attached hydrogens (tertiary/aromatic N) is 1. The number of amides is 1. The summed E-state index contributed by atoms with van der Waals surface area (Å²) in [6, 6.07) is 8.14. The molecule has 3 nitrogen and oxygen atoms in total. The average molecular weight is 262 g/mol. The second-order valence-corrected chi connectivity index (χ2v) is 4.72. The molecule has 18 heavy (non-hydrogen) atoms. The SMILES string of the molecule is C=N/C(C)=C(\SC)c1ccc(C(C)NC=O)cc1. The molecule has 0 aliphatic rings. The van der Waals surface area contributed by atoms with E-state index in [-0.39, 0.29) is 6.04 Å². The molecular formula is C14H18N2OS. The van der Waals surface area contributed by atoms with Crippen LogP contribution >= 0.6 is 11.8 Å². The van der Waals surface area contributed by atoms with E-state index in [1.54, 1.807) is 11.8 Å². The van der Waals surface area contributed by atoms with Gasteiger partial charge < -0.3 is 5.32 Å². The summed E-state index contributed by atoms with van der Waals surface area (Å²) in [5.41, 5.74) is 3.12. The quantitative estimate of drug-likeness (QED) is 0.631. The Balaban J connectivity index is 3.01. The van der Waals surface area contributed by atoms with E-state index < -0.39 is 0 Å². The van der Waals surface area contributed by atoms with Crippen LogP contribution in [0.5, 0.6) is 0 Å². The van der Waals surface area contributed by atoms with E-state index in [2.05, 4.69) is 17.0 Å². The third kappa shape index (κ3) is 3.47. The molecule has 1 amide bonds. The van der Waals surface area contributed by atoms with Crippen molar-refractivity contribution in [3.8, 4) is 0 Å². The Morgan fingerprint density at radius 2 is 2.06 bits per heavy atom. The molecule has 0 saturated carbocycles. The highest BCUT2D eigenvalue weighted by Gasteiger charge is 2.07. The van der Waals surface area contributed by atoms with Gasteiger partial charge in [0.1, 0.15) is 0 Å². The van der Waals surface area contributed by atoms with Crippen LogP contribution in [-0.4, -0.2) is 19.4 Å². The van der Waals surface area contributed by atoms with Crippen LogP contribution in [0.2, 0.25) is 0 Å². The Morgan fingerprint density at radius 3 is 2.50 bits per heavy atom. The lowest BCUT2D eigenvalue weighted by Gasteiger charge is -2.12. The first-order valence-corrected chi connectivity index (χ1v) is 6.88. The van der Waals surface area contributed by atoms with Crippen molar-refractivity contribution in [1.82, 2.24) is 5.32 Å². The number of thioether (sulfide) groups is 1. The highest BCUT2D eigenvalue weighted by molar-refractivity contribution is 8.07. The summed E-state index contributed by atoms with van der Waals surface area (Å²) in [6.07, 6.45) is 2.74. The van der Waals surface area contributed by atoms with Gasteiger partial charge in [0.25, 0.3) is 0 Å². The maximum absolute atomic E-state index is 10.4. The fraction of sp³-hybridized carbons (Fsp3) is 0.286. The van der Waals surface area contributed by atoms with Gasteiger partial charge in [-0.1, -0.05) is 24.3 Å². The van der Waals surface area contributed by atoms with Gasteiger partial charge in [0.15, 0.2) is 0 Å². The molecule has 0 heterocycles. The van der Waals surface area contributed by atoms with Crippen molar-refractivity contribution in [3.05, 3.63) is 41.1 Å². The van der Waals surface area contributed by atoms with Crippen LogP contribution in [0, 0.1) is 0 Å².